The number of amidine groups is 1. The first-order valence-corrected chi connectivity index (χ1v) is 11.6. The molecule has 0 spiro atoms. The van der Waals surface area contributed by atoms with Gasteiger partial charge in [0.1, 0.15) is 11.6 Å². The number of amides is 1. The lowest BCUT2D eigenvalue weighted by Crippen LogP contribution is -2.38. The Kier molecular flexibility index (Phi) is 7.12. The molecule has 6 nitrogen and oxygen atoms in total. The van der Waals surface area contributed by atoms with Crippen LogP contribution in [-0.2, 0) is 20.9 Å². The summed E-state index contributed by atoms with van der Waals surface area (Å²) in [5, 5.41) is 5.20. The molecule has 9 heteroatoms. The molecule has 2 aromatic carbocycles. The quantitative estimate of drug-likeness (QED) is 0.573. The van der Waals surface area contributed by atoms with Crippen LogP contribution in [0.1, 0.15) is 36.9 Å². The summed E-state index contributed by atoms with van der Waals surface area (Å²) >= 11 is 1.34. The van der Waals surface area contributed by atoms with E-state index >= 15 is 0 Å². The summed E-state index contributed by atoms with van der Waals surface area (Å²) in [6, 6.07) is 11.3. The van der Waals surface area contributed by atoms with Crippen LogP contribution < -0.4 is 5.32 Å². The zero-order valence-corrected chi connectivity index (χ0v) is 19.5. The van der Waals surface area contributed by atoms with Crippen molar-refractivity contribution in [2.75, 3.05) is 7.11 Å². The third-order valence-corrected chi connectivity index (χ3v) is 6.40. The molecule has 4 rings (SSSR count). The number of methoxy groups -OCH3 is 1. The third kappa shape index (κ3) is 4.89. The van der Waals surface area contributed by atoms with E-state index in [0.717, 1.165) is 0 Å². The number of hydrogen-bond acceptors (Lipinski definition) is 6. The Balaban J connectivity index is 1.62. The van der Waals surface area contributed by atoms with Crippen LogP contribution in [0.5, 0.6) is 0 Å². The van der Waals surface area contributed by atoms with Crippen molar-refractivity contribution < 1.29 is 23.1 Å². The number of hydrogen-bond donors (Lipinski definition) is 1. The van der Waals surface area contributed by atoms with Crippen molar-refractivity contribution in [1.29, 1.82) is 0 Å². The summed E-state index contributed by atoms with van der Waals surface area (Å²) in [5.74, 6) is -1.64. The minimum atomic E-state index is -0.692. The van der Waals surface area contributed by atoms with Crippen LogP contribution in [0.15, 0.2) is 75.9 Å². The summed E-state index contributed by atoms with van der Waals surface area (Å²) in [5.41, 5.74) is 2.68. The molecule has 0 aliphatic carbocycles. The number of rotatable bonds is 7. The zero-order valence-electron chi connectivity index (χ0n) is 18.7. The summed E-state index contributed by atoms with van der Waals surface area (Å²) in [6.07, 6.45) is 0.487. The predicted molar refractivity (Wildman–Crippen MR) is 126 cm³/mol. The molecule has 176 valence electrons. The molecule has 2 heterocycles. The lowest BCUT2D eigenvalue weighted by atomic mass is 9.93. The number of ether oxygens (including phenoxy) is 1. The number of nitrogens with zero attached hydrogens (tertiary/aromatic N) is 2. The highest BCUT2D eigenvalue weighted by Crippen LogP contribution is 2.45. The molecule has 1 unspecified atom stereocenters. The molecule has 2 aliphatic rings. The van der Waals surface area contributed by atoms with Gasteiger partial charge < -0.3 is 15.0 Å². The highest BCUT2D eigenvalue weighted by Gasteiger charge is 2.41. The fraction of sp³-hybridized carbons (Fsp3) is 0.240. The van der Waals surface area contributed by atoms with E-state index in [1.807, 2.05) is 6.92 Å². The van der Waals surface area contributed by atoms with Gasteiger partial charge in [-0.25, -0.2) is 18.6 Å². The van der Waals surface area contributed by atoms with E-state index in [2.05, 4.69) is 10.3 Å². The molecule has 0 saturated carbocycles. The maximum absolute atomic E-state index is 14.2. The number of esters is 1. The van der Waals surface area contributed by atoms with Crippen molar-refractivity contribution in [2.24, 2.45) is 4.99 Å². The third-order valence-electron chi connectivity index (χ3n) is 5.51. The van der Waals surface area contributed by atoms with E-state index in [-0.39, 0.29) is 24.7 Å². The second-order valence-corrected chi connectivity index (χ2v) is 8.57. The van der Waals surface area contributed by atoms with Crippen LogP contribution in [-0.4, -0.2) is 29.1 Å². The minimum absolute atomic E-state index is 0.00304. The lowest BCUT2D eigenvalue weighted by Gasteiger charge is -2.36. The maximum atomic E-state index is 14.2. The van der Waals surface area contributed by atoms with Gasteiger partial charge in [0.2, 0.25) is 5.91 Å². The van der Waals surface area contributed by atoms with Crippen molar-refractivity contribution in [2.45, 2.75) is 32.4 Å². The van der Waals surface area contributed by atoms with Gasteiger partial charge >= 0.3 is 5.97 Å². The van der Waals surface area contributed by atoms with Crippen LogP contribution in [0.2, 0.25) is 0 Å². The summed E-state index contributed by atoms with van der Waals surface area (Å²) < 4.78 is 32.6. The highest BCUT2D eigenvalue weighted by molar-refractivity contribution is 8.16. The van der Waals surface area contributed by atoms with Crippen molar-refractivity contribution in [3.63, 3.8) is 0 Å². The SMILES string of the molecule is CCC1=C(C(=O)OC)C(c2cccc(F)c2)N2C(CC(=O)NCc3cccc(F)c3)=CSC2=N1. The molecular formula is C25H23F2N3O3S. The number of fused-ring (bicyclic) bond motifs is 1. The molecule has 2 aromatic rings. The fourth-order valence-electron chi connectivity index (χ4n) is 3.98. The molecule has 0 radical (unpaired) electrons. The predicted octanol–water partition coefficient (Wildman–Crippen LogP) is 4.81. The van der Waals surface area contributed by atoms with E-state index in [1.165, 1.54) is 43.1 Å². The van der Waals surface area contributed by atoms with Gasteiger partial charge in [-0.1, -0.05) is 43.0 Å². The normalized spacial score (nSPS) is 17.2. The van der Waals surface area contributed by atoms with E-state index in [4.69, 9.17) is 4.74 Å². The molecule has 0 aromatic heterocycles. The van der Waals surface area contributed by atoms with Gasteiger partial charge in [-0.3, -0.25) is 4.79 Å². The monoisotopic (exact) mass is 483 g/mol. The van der Waals surface area contributed by atoms with Crippen molar-refractivity contribution in [1.82, 2.24) is 10.2 Å². The Morgan fingerprint density at radius 3 is 2.56 bits per heavy atom. The molecule has 2 aliphatic heterocycles. The Labute approximate surface area is 200 Å². The average Bonchev–Trinajstić information content (AvgIpc) is 3.23. The van der Waals surface area contributed by atoms with Gasteiger partial charge in [-0.15, -0.1) is 0 Å². The average molecular weight is 484 g/mol. The van der Waals surface area contributed by atoms with Crippen LogP contribution >= 0.6 is 11.8 Å². The first-order chi connectivity index (χ1) is 16.4. The van der Waals surface area contributed by atoms with E-state index < -0.39 is 17.8 Å². The van der Waals surface area contributed by atoms with Gasteiger partial charge in [0.25, 0.3) is 0 Å². The summed E-state index contributed by atoms with van der Waals surface area (Å²) in [7, 11) is 1.29. The van der Waals surface area contributed by atoms with E-state index in [9.17, 15) is 18.4 Å². The van der Waals surface area contributed by atoms with Crippen LogP contribution in [0.4, 0.5) is 8.78 Å². The molecule has 0 bridgehead atoms. The number of thioether (sulfide) groups is 1. The van der Waals surface area contributed by atoms with Gasteiger partial charge in [-0.2, -0.15) is 0 Å². The van der Waals surface area contributed by atoms with Crippen molar-refractivity contribution in [3.8, 4) is 0 Å². The second-order valence-electron chi connectivity index (χ2n) is 7.74. The van der Waals surface area contributed by atoms with E-state index in [1.54, 1.807) is 34.6 Å². The number of allylic oxidation sites excluding steroid dienone is 1. The Morgan fingerprint density at radius 2 is 1.88 bits per heavy atom. The molecule has 1 N–H and O–H groups in total. The fourth-order valence-corrected chi connectivity index (χ4v) is 4.92. The molecule has 0 saturated heterocycles. The Hall–Kier alpha value is -3.46. The van der Waals surface area contributed by atoms with Gasteiger partial charge in [0.15, 0.2) is 5.17 Å². The first kappa shape index (κ1) is 23.7. The lowest BCUT2D eigenvalue weighted by molar-refractivity contribution is -0.136. The second kappa shape index (κ2) is 10.2. The first-order valence-electron chi connectivity index (χ1n) is 10.7. The molecule has 34 heavy (non-hydrogen) atoms. The number of halogens is 2. The van der Waals surface area contributed by atoms with Gasteiger partial charge in [0.05, 0.1) is 30.8 Å². The summed E-state index contributed by atoms with van der Waals surface area (Å²) in [6.45, 7) is 2.06. The van der Waals surface area contributed by atoms with Crippen LogP contribution in [0.3, 0.4) is 0 Å². The minimum Gasteiger partial charge on any atom is -0.466 e. The standard InChI is InChI=1S/C25H23F2N3O3S/c1-3-20-22(24(32)33-2)23(16-7-5-9-18(27)11-16)30-19(14-34-25(30)29-20)12-21(31)28-13-15-6-4-8-17(26)10-15/h4-11,14,23H,3,12-13H2,1-2H3,(H,28,31). The number of nitrogens with one attached hydrogen (secondary N) is 1. The number of benzene rings is 2. The molecule has 1 atom stereocenters. The zero-order chi connectivity index (χ0) is 24.2. The topological polar surface area (TPSA) is 71.0 Å². The van der Waals surface area contributed by atoms with Crippen molar-refractivity contribution in [3.05, 3.63) is 93.7 Å². The number of aliphatic imine (C=N–C) groups is 1. The summed E-state index contributed by atoms with van der Waals surface area (Å²) in [4.78, 5) is 32.0. The van der Waals surface area contributed by atoms with E-state index in [0.29, 0.717) is 39.7 Å². The molecule has 0 fully saturated rings. The smallest absolute Gasteiger partial charge is 0.338 e. The van der Waals surface area contributed by atoms with Crippen LogP contribution in [0.25, 0.3) is 0 Å². The Bertz CT molecular complexity index is 1230. The largest absolute Gasteiger partial charge is 0.466 e. The Morgan fingerprint density at radius 1 is 1.15 bits per heavy atom. The molecule has 1 amide bonds. The van der Waals surface area contributed by atoms with Gasteiger partial charge in [-0.05, 0) is 47.2 Å². The highest BCUT2D eigenvalue weighted by atomic mass is 32.2. The number of carbonyl (C=O) groups excluding carboxylic acids is 2. The van der Waals surface area contributed by atoms with Crippen LogP contribution in [0, 0.1) is 11.6 Å². The molecular weight excluding hydrogens is 460 g/mol. The van der Waals surface area contributed by atoms with Crippen molar-refractivity contribution >= 4 is 28.8 Å². The number of carbonyl (C=O) groups is 2. The van der Waals surface area contributed by atoms with Gasteiger partial charge in [0, 0.05) is 12.2 Å². The maximum Gasteiger partial charge on any atom is 0.338 e.